The molecule has 6 aromatic carbocycles. The van der Waals surface area contributed by atoms with Crippen molar-refractivity contribution in [2.24, 2.45) is 4.99 Å². The van der Waals surface area contributed by atoms with Crippen molar-refractivity contribution < 1.29 is 5.11 Å². The molecule has 2 heteroatoms. The van der Waals surface area contributed by atoms with Gasteiger partial charge in [-0.1, -0.05) is 78.9 Å². The molecule has 0 bridgehead atoms. The number of nitrogens with zero attached hydrogens (tertiary/aromatic N) is 1. The van der Waals surface area contributed by atoms with Crippen molar-refractivity contribution in [2.75, 3.05) is 0 Å². The molecule has 0 radical (unpaired) electrons. The van der Waals surface area contributed by atoms with Gasteiger partial charge in [0.2, 0.25) is 0 Å². The summed E-state index contributed by atoms with van der Waals surface area (Å²) in [6, 6.07) is 31.0. The molecule has 6 aromatic rings. The van der Waals surface area contributed by atoms with Crippen LogP contribution in [0.25, 0.3) is 43.1 Å². The van der Waals surface area contributed by atoms with Gasteiger partial charge in [0.25, 0.3) is 0 Å². The molecule has 0 fully saturated rings. The first kappa shape index (κ1) is 16.1. The minimum absolute atomic E-state index is 0.241. The molecule has 0 unspecified atom stereocenters. The van der Waals surface area contributed by atoms with Gasteiger partial charge in [-0.2, -0.15) is 0 Å². The van der Waals surface area contributed by atoms with Crippen LogP contribution < -0.4 is 0 Å². The minimum atomic E-state index is 0.241. The third kappa shape index (κ3) is 2.39. The monoisotopic (exact) mass is 371 g/mol. The van der Waals surface area contributed by atoms with E-state index in [4.69, 9.17) is 4.99 Å². The molecular weight excluding hydrogens is 354 g/mol. The highest BCUT2D eigenvalue weighted by atomic mass is 16.3. The first-order valence-electron chi connectivity index (χ1n) is 9.71. The molecule has 0 atom stereocenters. The third-order valence-corrected chi connectivity index (χ3v) is 5.79. The molecule has 0 aliphatic carbocycles. The highest BCUT2D eigenvalue weighted by molar-refractivity contribution is 6.25. The molecular formula is C27H17NO. The fourth-order valence-corrected chi connectivity index (χ4v) is 4.39. The molecule has 2 nitrogen and oxygen atoms in total. The lowest BCUT2D eigenvalue weighted by Crippen LogP contribution is -1.87. The second-order valence-electron chi connectivity index (χ2n) is 7.42. The maximum Gasteiger partial charge on any atom is 0.124 e. The van der Waals surface area contributed by atoms with Gasteiger partial charge in [0.15, 0.2) is 0 Å². The standard InChI is InChI=1S/C27H17NO/c29-25-15-12-17-4-1-2-7-21(17)23(25)16-28-24-14-11-20-9-8-18-5-3-6-19-10-13-22(24)27(20)26(18)19/h1-16,29H. The van der Waals surface area contributed by atoms with Crippen LogP contribution in [-0.4, -0.2) is 11.3 Å². The Morgan fingerprint density at radius 2 is 1.21 bits per heavy atom. The van der Waals surface area contributed by atoms with Gasteiger partial charge in [0, 0.05) is 17.2 Å². The lowest BCUT2D eigenvalue weighted by molar-refractivity contribution is 0.475. The van der Waals surface area contributed by atoms with Crippen molar-refractivity contribution in [1.82, 2.24) is 0 Å². The molecule has 0 aliphatic rings. The van der Waals surface area contributed by atoms with Crippen LogP contribution in [0.2, 0.25) is 0 Å². The fraction of sp³-hybridized carbons (Fsp3) is 0. The minimum Gasteiger partial charge on any atom is -0.507 e. The Labute approximate surface area is 167 Å². The molecule has 0 amide bonds. The van der Waals surface area contributed by atoms with E-state index in [0.29, 0.717) is 0 Å². The van der Waals surface area contributed by atoms with E-state index in [-0.39, 0.29) is 5.75 Å². The summed E-state index contributed by atoms with van der Waals surface area (Å²) in [5, 5.41) is 19.9. The average Bonchev–Trinajstić information content (AvgIpc) is 2.77. The third-order valence-electron chi connectivity index (χ3n) is 5.79. The van der Waals surface area contributed by atoms with Crippen molar-refractivity contribution in [3.05, 3.63) is 96.6 Å². The van der Waals surface area contributed by atoms with Crippen LogP contribution in [-0.2, 0) is 0 Å². The molecule has 1 N–H and O–H groups in total. The summed E-state index contributed by atoms with van der Waals surface area (Å²) < 4.78 is 0. The zero-order valence-electron chi connectivity index (χ0n) is 15.6. The van der Waals surface area contributed by atoms with E-state index < -0.39 is 0 Å². The fourth-order valence-electron chi connectivity index (χ4n) is 4.39. The average molecular weight is 371 g/mol. The molecule has 6 rings (SSSR count). The van der Waals surface area contributed by atoms with Gasteiger partial charge in [-0.25, -0.2) is 0 Å². The van der Waals surface area contributed by atoms with Gasteiger partial charge in [-0.15, -0.1) is 0 Å². The topological polar surface area (TPSA) is 32.6 Å². The molecule has 0 spiro atoms. The highest BCUT2D eigenvalue weighted by Crippen LogP contribution is 2.38. The normalized spacial score (nSPS) is 12.1. The lowest BCUT2D eigenvalue weighted by atomic mass is 9.93. The van der Waals surface area contributed by atoms with Crippen molar-refractivity contribution in [2.45, 2.75) is 0 Å². The van der Waals surface area contributed by atoms with Gasteiger partial charge in [-0.05, 0) is 49.8 Å². The van der Waals surface area contributed by atoms with E-state index in [0.717, 1.165) is 27.4 Å². The highest BCUT2D eigenvalue weighted by Gasteiger charge is 2.10. The number of aliphatic imine (C=N–C) groups is 1. The van der Waals surface area contributed by atoms with Crippen molar-refractivity contribution >= 4 is 55.0 Å². The second kappa shape index (κ2) is 6.05. The van der Waals surface area contributed by atoms with Gasteiger partial charge in [0.1, 0.15) is 5.75 Å². The van der Waals surface area contributed by atoms with E-state index in [9.17, 15) is 5.11 Å². The molecule has 136 valence electrons. The summed E-state index contributed by atoms with van der Waals surface area (Å²) in [5.41, 5.74) is 1.65. The van der Waals surface area contributed by atoms with Crippen LogP contribution in [0.5, 0.6) is 5.75 Å². The Morgan fingerprint density at radius 3 is 2.07 bits per heavy atom. The Hall–Kier alpha value is -3.91. The quantitative estimate of drug-likeness (QED) is 0.253. The summed E-state index contributed by atoms with van der Waals surface area (Å²) in [4.78, 5) is 4.81. The largest absolute Gasteiger partial charge is 0.507 e. The van der Waals surface area contributed by atoms with Crippen molar-refractivity contribution in [1.29, 1.82) is 0 Å². The predicted molar refractivity (Wildman–Crippen MR) is 123 cm³/mol. The zero-order chi connectivity index (χ0) is 19.4. The van der Waals surface area contributed by atoms with E-state index in [1.54, 1.807) is 12.3 Å². The first-order valence-corrected chi connectivity index (χ1v) is 9.71. The number of hydrogen-bond acceptors (Lipinski definition) is 2. The van der Waals surface area contributed by atoms with Crippen LogP contribution in [0.3, 0.4) is 0 Å². The van der Waals surface area contributed by atoms with E-state index in [1.807, 2.05) is 30.3 Å². The Balaban J connectivity index is 1.60. The summed E-state index contributed by atoms with van der Waals surface area (Å²) >= 11 is 0. The summed E-state index contributed by atoms with van der Waals surface area (Å²) in [6.07, 6.45) is 1.78. The molecule has 0 saturated carbocycles. The number of phenols is 1. The Bertz CT molecular complexity index is 1550. The van der Waals surface area contributed by atoms with Crippen molar-refractivity contribution in [3.63, 3.8) is 0 Å². The number of rotatable bonds is 2. The van der Waals surface area contributed by atoms with Crippen LogP contribution in [0, 0.1) is 0 Å². The number of fused-ring (bicyclic) bond motifs is 1. The smallest absolute Gasteiger partial charge is 0.124 e. The van der Waals surface area contributed by atoms with Gasteiger partial charge in [0.05, 0.1) is 5.69 Å². The second-order valence-corrected chi connectivity index (χ2v) is 7.42. The Kier molecular flexibility index (Phi) is 3.35. The van der Waals surface area contributed by atoms with Crippen LogP contribution in [0.1, 0.15) is 5.56 Å². The van der Waals surface area contributed by atoms with Crippen molar-refractivity contribution in [3.8, 4) is 5.75 Å². The number of phenolic OH excluding ortho intramolecular Hbond substituents is 1. The van der Waals surface area contributed by atoms with E-state index in [2.05, 4.69) is 54.6 Å². The lowest BCUT2D eigenvalue weighted by Gasteiger charge is -2.12. The molecule has 29 heavy (non-hydrogen) atoms. The van der Waals surface area contributed by atoms with Gasteiger partial charge >= 0.3 is 0 Å². The molecule has 0 heterocycles. The maximum atomic E-state index is 10.4. The van der Waals surface area contributed by atoms with Crippen LogP contribution >= 0.6 is 0 Å². The zero-order valence-corrected chi connectivity index (χ0v) is 15.6. The SMILES string of the molecule is Oc1ccc2ccccc2c1C=Nc1ccc2ccc3cccc4ccc1c2c34. The summed E-state index contributed by atoms with van der Waals surface area (Å²) in [7, 11) is 0. The van der Waals surface area contributed by atoms with Gasteiger partial charge < -0.3 is 5.11 Å². The summed E-state index contributed by atoms with van der Waals surface area (Å²) in [6.45, 7) is 0. The Morgan fingerprint density at radius 1 is 0.552 bits per heavy atom. The predicted octanol–water partition coefficient (Wildman–Crippen LogP) is 7.19. The maximum absolute atomic E-state index is 10.4. The molecule has 0 aromatic heterocycles. The van der Waals surface area contributed by atoms with E-state index in [1.165, 1.54) is 26.9 Å². The van der Waals surface area contributed by atoms with Crippen LogP contribution in [0.15, 0.2) is 96.0 Å². The molecule has 0 aliphatic heterocycles. The molecule has 0 saturated heterocycles. The van der Waals surface area contributed by atoms with Crippen LogP contribution in [0.4, 0.5) is 5.69 Å². The van der Waals surface area contributed by atoms with Gasteiger partial charge in [-0.3, -0.25) is 4.99 Å². The number of benzene rings is 6. The summed E-state index contributed by atoms with van der Waals surface area (Å²) in [5.74, 6) is 0.241. The van der Waals surface area contributed by atoms with E-state index >= 15 is 0 Å². The number of hydrogen-bond donors (Lipinski definition) is 1. The number of aromatic hydroxyl groups is 1. The first-order chi connectivity index (χ1) is 14.3.